The van der Waals surface area contributed by atoms with E-state index < -0.39 is 0 Å². The fraction of sp³-hybridized carbons (Fsp3) is 0.333. The molecule has 1 aliphatic rings. The molecule has 0 aliphatic heterocycles. The van der Waals surface area contributed by atoms with Crippen LogP contribution < -0.4 is 0 Å². The summed E-state index contributed by atoms with van der Waals surface area (Å²) in [6, 6.07) is 27.2. The predicted molar refractivity (Wildman–Crippen MR) is 117 cm³/mol. The molecule has 0 atom stereocenters. The maximum atomic E-state index is 2.39. The van der Waals surface area contributed by atoms with Crippen LogP contribution in [0.2, 0.25) is 0 Å². The van der Waals surface area contributed by atoms with Crippen molar-refractivity contribution >= 4 is 0 Å². The second-order valence-electron chi connectivity index (χ2n) is 8.21. The van der Waals surface area contributed by atoms with Gasteiger partial charge in [-0.2, -0.15) is 0 Å². The second kappa shape index (κ2) is 8.13. The van der Waals surface area contributed by atoms with E-state index in [2.05, 4.69) is 86.6 Å². The summed E-state index contributed by atoms with van der Waals surface area (Å²) in [7, 11) is 0. The summed E-state index contributed by atoms with van der Waals surface area (Å²) in [5.74, 6) is 1.68. The Bertz CT molecular complexity index is 845. The summed E-state index contributed by atoms with van der Waals surface area (Å²) in [6.07, 6.45) is 6.56. The molecule has 0 radical (unpaired) electrons. The Labute approximate surface area is 164 Å². The van der Waals surface area contributed by atoms with Crippen molar-refractivity contribution in [3.05, 3.63) is 83.9 Å². The molecule has 0 unspecified atom stereocenters. The predicted octanol–water partition coefficient (Wildman–Crippen LogP) is 7.88. The van der Waals surface area contributed by atoms with Crippen molar-refractivity contribution in [3.63, 3.8) is 0 Å². The van der Waals surface area contributed by atoms with Crippen molar-refractivity contribution in [2.45, 2.75) is 51.9 Å². The lowest BCUT2D eigenvalue weighted by Crippen LogP contribution is -2.10. The Morgan fingerprint density at radius 2 is 1.00 bits per heavy atom. The summed E-state index contributed by atoms with van der Waals surface area (Å²) in [4.78, 5) is 0. The van der Waals surface area contributed by atoms with Crippen LogP contribution in [0.4, 0.5) is 0 Å². The van der Waals surface area contributed by atoms with Crippen molar-refractivity contribution in [3.8, 4) is 22.3 Å². The van der Waals surface area contributed by atoms with E-state index in [1.165, 1.54) is 59.1 Å². The highest BCUT2D eigenvalue weighted by Gasteiger charge is 2.19. The molecule has 0 heterocycles. The lowest BCUT2D eigenvalue weighted by molar-refractivity contribution is 0.348. The monoisotopic (exact) mass is 354 g/mol. The van der Waals surface area contributed by atoms with Gasteiger partial charge in [-0.05, 0) is 64.5 Å². The molecular weight excluding hydrogens is 324 g/mol. The van der Waals surface area contributed by atoms with E-state index in [0.29, 0.717) is 0 Å². The van der Waals surface area contributed by atoms with Crippen LogP contribution in [0, 0.1) is 5.92 Å². The zero-order valence-electron chi connectivity index (χ0n) is 16.6. The van der Waals surface area contributed by atoms with Gasteiger partial charge in [0, 0.05) is 0 Å². The van der Waals surface area contributed by atoms with E-state index in [0.717, 1.165) is 18.3 Å². The molecule has 0 spiro atoms. The molecule has 0 amide bonds. The van der Waals surface area contributed by atoms with Crippen molar-refractivity contribution in [1.29, 1.82) is 0 Å². The van der Waals surface area contributed by atoms with Crippen LogP contribution in [0.1, 0.15) is 56.6 Å². The van der Waals surface area contributed by atoms with Gasteiger partial charge in [-0.3, -0.25) is 0 Å². The number of benzene rings is 3. The quantitative estimate of drug-likeness (QED) is 0.447. The first-order valence-electron chi connectivity index (χ1n) is 10.5. The van der Waals surface area contributed by atoms with Gasteiger partial charge in [0.15, 0.2) is 0 Å². The molecule has 138 valence electrons. The first-order chi connectivity index (χ1) is 13.2. The molecular formula is C27H30. The van der Waals surface area contributed by atoms with Gasteiger partial charge >= 0.3 is 0 Å². The molecule has 1 fully saturated rings. The summed E-state index contributed by atoms with van der Waals surface area (Å²) in [5.41, 5.74) is 8.11. The number of rotatable bonds is 4. The fourth-order valence-corrected chi connectivity index (χ4v) is 4.33. The lowest BCUT2D eigenvalue weighted by Gasteiger charge is -2.26. The molecule has 0 N–H and O–H groups in total. The van der Waals surface area contributed by atoms with E-state index in [1.807, 2.05) is 0 Å². The van der Waals surface area contributed by atoms with Crippen LogP contribution >= 0.6 is 0 Å². The minimum Gasteiger partial charge on any atom is -0.0625 e. The first-order valence-corrected chi connectivity index (χ1v) is 10.5. The normalized spacial score (nSPS) is 19.8. The molecule has 4 rings (SSSR count). The van der Waals surface area contributed by atoms with Crippen LogP contribution in [-0.4, -0.2) is 0 Å². The largest absolute Gasteiger partial charge is 0.0625 e. The van der Waals surface area contributed by atoms with Gasteiger partial charge in [0.1, 0.15) is 0 Å². The highest BCUT2D eigenvalue weighted by molar-refractivity contribution is 5.70. The van der Waals surface area contributed by atoms with Crippen molar-refractivity contribution in [1.82, 2.24) is 0 Å². The zero-order chi connectivity index (χ0) is 18.6. The maximum Gasteiger partial charge on any atom is -0.0162 e. The van der Waals surface area contributed by atoms with Gasteiger partial charge in [-0.15, -0.1) is 0 Å². The SMILES string of the molecule is CCc1ccc(-c2ccc(-c3ccc(C4CCC(C)CC4)cc3)cc2)cc1. The van der Waals surface area contributed by atoms with Gasteiger partial charge < -0.3 is 0 Å². The highest BCUT2D eigenvalue weighted by Crippen LogP contribution is 2.36. The summed E-state index contributed by atoms with van der Waals surface area (Å²) in [6.45, 7) is 4.59. The molecule has 0 nitrogen and oxygen atoms in total. The molecule has 0 heteroatoms. The van der Waals surface area contributed by atoms with Crippen LogP contribution in [-0.2, 0) is 6.42 Å². The standard InChI is InChI=1S/C27H30/c1-3-21-6-10-23(11-7-21)25-14-18-27(19-15-25)26-16-12-24(13-17-26)22-8-4-20(2)5-9-22/h6-7,10-20,22H,3-5,8-9H2,1-2H3. The number of aryl methyl sites for hydroxylation is 1. The van der Waals surface area contributed by atoms with Crippen LogP contribution in [0.15, 0.2) is 72.8 Å². The first kappa shape index (κ1) is 18.0. The molecule has 0 aromatic heterocycles. The average molecular weight is 355 g/mol. The zero-order valence-corrected chi connectivity index (χ0v) is 16.6. The van der Waals surface area contributed by atoms with Crippen LogP contribution in [0.5, 0.6) is 0 Å². The Kier molecular flexibility index (Phi) is 5.43. The third-order valence-corrected chi connectivity index (χ3v) is 6.31. The fourth-order valence-electron chi connectivity index (χ4n) is 4.33. The molecule has 3 aromatic rings. The summed E-state index contributed by atoms with van der Waals surface area (Å²) in [5, 5.41) is 0. The molecule has 3 aromatic carbocycles. The number of hydrogen-bond acceptors (Lipinski definition) is 0. The maximum absolute atomic E-state index is 2.39. The van der Waals surface area contributed by atoms with E-state index in [1.54, 1.807) is 0 Å². The summed E-state index contributed by atoms with van der Waals surface area (Å²) < 4.78 is 0. The van der Waals surface area contributed by atoms with E-state index >= 15 is 0 Å². The second-order valence-corrected chi connectivity index (χ2v) is 8.21. The van der Waals surface area contributed by atoms with Gasteiger partial charge in [0.05, 0.1) is 0 Å². The minimum atomic E-state index is 0.767. The topological polar surface area (TPSA) is 0 Å². The third kappa shape index (κ3) is 4.16. The van der Waals surface area contributed by atoms with Gasteiger partial charge in [0.25, 0.3) is 0 Å². The minimum absolute atomic E-state index is 0.767. The lowest BCUT2D eigenvalue weighted by atomic mass is 9.79. The smallest absolute Gasteiger partial charge is 0.0162 e. The van der Waals surface area contributed by atoms with Gasteiger partial charge in [-0.25, -0.2) is 0 Å². The Hall–Kier alpha value is -2.34. The van der Waals surface area contributed by atoms with Gasteiger partial charge in [0.2, 0.25) is 0 Å². The third-order valence-electron chi connectivity index (χ3n) is 6.31. The van der Waals surface area contributed by atoms with Crippen molar-refractivity contribution in [2.24, 2.45) is 5.92 Å². The van der Waals surface area contributed by atoms with Crippen LogP contribution in [0.3, 0.4) is 0 Å². The highest BCUT2D eigenvalue weighted by atomic mass is 14.2. The van der Waals surface area contributed by atoms with Crippen molar-refractivity contribution in [2.75, 3.05) is 0 Å². The van der Waals surface area contributed by atoms with E-state index in [-0.39, 0.29) is 0 Å². The van der Waals surface area contributed by atoms with Crippen molar-refractivity contribution < 1.29 is 0 Å². The van der Waals surface area contributed by atoms with E-state index in [4.69, 9.17) is 0 Å². The number of hydrogen-bond donors (Lipinski definition) is 0. The molecule has 0 bridgehead atoms. The molecule has 1 saturated carbocycles. The van der Waals surface area contributed by atoms with E-state index in [9.17, 15) is 0 Å². The molecule has 1 aliphatic carbocycles. The Balaban J connectivity index is 1.48. The Morgan fingerprint density at radius 1 is 0.593 bits per heavy atom. The average Bonchev–Trinajstić information content (AvgIpc) is 2.75. The molecule has 0 saturated heterocycles. The Morgan fingerprint density at radius 3 is 1.44 bits per heavy atom. The van der Waals surface area contributed by atoms with Gasteiger partial charge in [-0.1, -0.05) is 99.5 Å². The molecule has 27 heavy (non-hydrogen) atoms. The summed E-state index contributed by atoms with van der Waals surface area (Å²) >= 11 is 0. The van der Waals surface area contributed by atoms with Crippen LogP contribution in [0.25, 0.3) is 22.3 Å².